The molecule has 5 heteroatoms. The number of nitrogens with zero attached hydrogens (tertiary/aromatic N) is 3. The third-order valence-electron chi connectivity index (χ3n) is 3.23. The Kier molecular flexibility index (Phi) is 2.59. The number of benzene rings is 1. The Morgan fingerprint density at radius 2 is 2.06 bits per heavy atom. The van der Waals surface area contributed by atoms with Crippen molar-refractivity contribution in [3.8, 4) is 0 Å². The normalized spacial score (nSPS) is 15.2. The Balaban J connectivity index is 2.10. The van der Waals surface area contributed by atoms with Crippen LogP contribution in [0.2, 0.25) is 0 Å². The predicted octanol–water partition coefficient (Wildman–Crippen LogP) is 1.93. The van der Waals surface area contributed by atoms with Crippen molar-refractivity contribution in [2.75, 3.05) is 18.0 Å². The molecule has 1 aliphatic heterocycles. The summed E-state index contributed by atoms with van der Waals surface area (Å²) in [6, 6.07) is 5.11. The standard InChI is InChI=1S/C13H13N3O2/c17-12(18)9-4-3-5-11-10(9)8-14-13(15-11)16-6-1-2-7-16/h3-5,8H,1-2,6-7H2,(H,17,18). The van der Waals surface area contributed by atoms with E-state index in [1.165, 1.54) is 0 Å². The molecule has 0 bridgehead atoms. The number of carbonyl (C=O) groups is 1. The average Bonchev–Trinajstić information content (AvgIpc) is 2.91. The molecule has 2 heterocycles. The molecule has 5 nitrogen and oxygen atoms in total. The van der Waals surface area contributed by atoms with Crippen LogP contribution in [0.25, 0.3) is 10.9 Å². The average molecular weight is 243 g/mol. The third-order valence-corrected chi connectivity index (χ3v) is 3.23. The zero-order valence-electron chi connectivity index (χ0n) is 9.83. The number of carboxylic acid groups (broad SMARTS) is 1. The molecule has 0 unspecified atom stereocenters. The lowest BCUT2D eigenvalue weighted by Crippen LogP contribution is -2.20. The molecule has 1 N–H and O–H groups in total. The maximum absolute atomic E-state index is 11.1. The molecule has 0 radical (unpaired) electrons. The zero-order valence-corrected chi connectivity index (χ0v) is 9.83. The molecule has 1 saturated heterocycles. The fraction of sp³-hybridized carbons (Fsp3) is 0.308. The molecule has 1 fully saturated rings. The van der Waals surface area contributed by atoms with E-state index in [0.29, 0.717) is 16.9 Å². The minimum atomic E-state index is -0.946. The van der Waals surface area contributed by atoms with Gasteiger partial charge in [-0.15, -0.1) is 0 Å². The number of hydrogen-bond donors (Lipinski definition) is 1. The Hall–Kier alpha value is -2.17. The number of hydrogen-bond acceptors (Lipinski definition) is 4. The van der Waals surface area contributed by atoms with Crippen molar-refractivity contribution >= 4 is 22.8 Å². The van der Waals surface area contributed by atoms with Crippen LogP contribution in [0.4, 0.5) is 5.95 Å². The van der Waals surface area contributed by atoms with E-state index in [1.54, 1.807) is 18.3 Å². The second-order valence-corrected chi connectivity index (χ2v) is 4.41. The smallest absolute Gasteiger partial charge is 0.336 e. The lowest BCUT2D eigenvalue weighted by Gasteiger charge is -2.15. The van der Waals surface area contributed by atoms with E-state index < -0.39 is 5.97 Å². The second-order valence-electron chi connectivity index (χ2n) is 4.41. The van der Waals surface area contributed by atoms with Gasteiger partial charge in [-0.25, -0.2) is 14.8 Å². The summed E-state index contributed by atoms with van der Waals surface area (Å²) >= 11 is 0. The number of carboxylic acids is 1. The highest BCUT2D eigenvalue weighted by Gasteiger charge is 2.16. The first-order valence-corrected chi connectivity index (χ1v) is 6.00. The van der Waals surface area contributed by atoms with Gasteiger partial charge in [-0.2, -0.15) is 0 Å². The summed E-state index contributed by atoms with van der Waals surface area (Å²) in [6.45, 7) is 1.95. The lowest BCUT2D eigenvalue weighted by atomic mass is 10.1. The highest BCUT2D eigenvalue weighted by molar-refractivity contribution is 6.02. The van der Waals surface area contributed by atoms with Gasteiger partial charge >= 0.3 is 5.97 Å². The van der Waals surface area contributed by atoms with Crippen molar-refractivity contribution in [3.63, 3.8) is 0 Å². The van der Waals surface area contributed by atoms with Crippen molar-refractivity contribution in [3.05, 3.63) is 30.0 Å². The molecule has 1 aliphatic rings. The van der Waals surface area contributed by atoms with Crippen LogP contribution in [-0.2, 0) is 0 Å². The number of fused-ring (bicyclic) bond motifs is 1. The van der Waals surface area contributed by atoms with E-state index >= 15 is 0 Å². The molecular formula is C13H13N3O2. The van der Waals surface area contributed by atoms with Crippen LogP contribution in [0, 0.1) is 0 Å². The molecular weight excluding hydrogens is 230 g/mol. The monoisotopic (exact) mass is 243 g/mol. The van der Waals surface area contributed by atoms with Crippen molar-refractivity contribution in [2.45, 2.75) is 12.8 Å². The van der Waals surface area contributed by atoms with Gasteiger partial charge in [0.2, 0.25) is 5.95 Å². The molecule has 0 spiro atoms. The predicted molar refractivity (Wildman–Crippen MR) is 67.9 cm³/mol. The van der Waals surface area contributed by atoms with Gasteiger partial charge in [0, 0.05) is 24.7 Å². The first-order chi connectivity index (χ1) is 8.75. The maximum atomic E-state index is 11.1. The van der Waals surface area contributed by atoms with E-state index in [2.05, 4.69) is 14.9 Å². The first-order valence-electron chi connectivity index (χ1n) is 6.00. The summed E-state index contributed by atoms with van der Waals surface area (Å²) < 4.78 is 0. The van der Waals surface area contributed by atoms with Crippen LogP contribution < -0.4 is 4.90 Å². The second kappa shape index (κ2) is 4.25. The summed E-state index contributed by atoms with van der Waals surface area (Å²) in [7, 11) is 0. The molecule has 18 heavy (non-hydrogen) atoms. The van der Waals surface area contributed by atoms with Gasteiger partial charge in [0.05, 0.1) is 11.1 Å². The van der Waals surface area contributed by atoms with E-state index in [4.69, 9.17) is 5.11 Å². The summed E-state index contributed by atoms with van der Waals surface area (Å²) in [5.74, 6) is -0.249. The quantitative estimate of drug-likeness (QED) is 0.873. The molecule has 0 amide bonds. The Labute approximate surface area is 104 Å². The van der Waals surface area contributed by atoms with E-state index in [1.807, 2.05) is 6.07 Å². The van der Waals surface area contributed by atoms with Gasteiger partial charge in [0.25, 0.3) is 0 Å². The van der Waals surface area contributed by atoms with Gasteiger partial charge in [-0.1, -0.05) is 6.07 Å². The largest absolute Gasteiger partial charge is 0.478 e. The van der Waals surface area contributed by atoms with Crippen molar-refractivity contribution in [1.29, 1.82) is 0 Å². The van der Waals surface area contributed by atoms with Gasteiger partial charge < -0.3 is 10.0 Å². The summed E-state index contributed by atoms with van der Waals surface area (Å²) in [4.78, 5) is 22.0. The molecule has 1 aromatic heterocycles. The van der Waals surface area contributed by atoms with Gasteiger partial charge in [0.1, 0.15) is 0 Å². The summed E-state index contributed by atoms with van der Waals surface area (Å²) in [6.07, 6.45) is 3.94. The molecule has 0 aliphatic carbocycles. The lowest BCUT2D eigenvalue weighted by molar-refractivity contribution is 0.0699. The Morgan fingerprint density at radius 1 is 1.28 bits per heavy atom. The summed E-state index contributed by atoms with van der Waals surface area (Å²) in [5.41, 5.74) is 0.937. The molecule has 0 saturated carbocycles. The van der Waals surface area contributed by atoms with Crippen LogP contribution in [0.1, 0.15) is 23.2 Å². The van der Waals surface area contributed by atoms with Gasteiger partial charge in [0.15, 0.2) is 0 Å². The highest BCUT2D eigenvalue weighted by Crippen LogP contribution is 2.21. The number of aromatic carboxylic acids is 1. The van der Waals surface area contributed by atoms with Crippen LogP contribution in [0.5, 0.6) is 0 Å². The Morgan fingerprint density at radius 3 is 2.78 bits per heavy atom. The third kappa shape index (κ3) is 1.77. The van der Waals surface area contributed by atoms with Gasteiger partial charge in [-0.05, 0) is 25.0 Å². The van der Waals surface area contributed by atoms with Crippen LogP contribution >= 0.6 is 0 Å². The van der Waals surface area contributed by atoms with E-state index in [0.717, 1.165) is 25.9 Å². The maximum Gasteiger partial charge on any atom is 0.336 e. The topological polar surface area (TPSA) is 66.3 Å². The van der Waals surface area contributed by atoms with Crippen LogP contribution in [-0.4, -0.2) is 34.1 Å². The number of rotatable bonds is 2. The minimum Gasteiger partial charge on any atom is -0.478 e. The fourth-order valence-corrected chi connectivity index (χ4v) is 2.30. The van der Waals surface area contributed by atoms with Gasteiger partial charge in [-0.3, -0.25) is 0 Å². The molecule has 2 aromatic rings. The highest BCUT2D eigenvalue weighted by atomic mass is 16.4. The van der Waals surface area contributed by atoms with E-state index in [-0.39, 0.29) is 5.56 Å². The molecule has 92 valence electrons. The molecule has 3 rings (SSSR count). The van der Waals surface area contributed by atoms with Crippen molar-refractivity contribution < 1.29 is 9.90 Å². The Bertz CT molecular complexity index is 606. The molecule has 0 atom stereocenters. The number of anilines is 1. The SMILES string of the molecule is O=C(O)c1cccc2nc(N3CCCC3)ncc12. The summed E-state index contributed by atoms with van der Waals surface area (Å²) in [5, 5.41) is 9.69. The first kappa shape index (κ1) is 11.0. The van der Waals surface area contributed by atoms with Crippen LogP contribution in [0.15, 0.2) is 24.4 Å². The van der Waals surface area contributed by atoms with Crippen molar-refractivity contribution in [2.24, 2.45) is 0 Å². The zero-order chi connectivity index (χ0) is 12.5. The van der Waals surface area contributed by atoms with Crippen molar-refractivity contribution in [1.82, 2.24) is 9.97 Å². The molecule has 1 aromatic carbocycles. The fourth-order valence-electron chi connectivity index (χ4n) is 2.30. The minimum absolute atomic E-state index is 0.250. The van der Waals surface area contributed by atoms with E-state index in [9.17, 15) is 4.79 Å². The van der Waals surface area contributed by atoms with Crippen LogP contribution in [0.3, 0.4) is 0 Å². The number of aromatic nitrogens is 2.